The van der Waals surface area contributed by atoms with Gasteiger partial charge in [0.2, 0.25) is 0 Å². The minimum atomic E-state index is 0.654. The molecule has 1 aromatic carbocycles. The third kappa shape index (κ3) is 2.18. The lowest BCUT2D eigenvalue weighted by atomic mass is 10.1. The molecule has 2 rings (SSSR count). The van der Waals surface area contributed by atoms with Gasteiger partial charge in [-0.15, -0.1) is 0 Å². The van der Waals surface area contributed by atoms with Crippen LogP contribution in [0.5, 0.6) is 0 Å². The van der Waals surface area contributed by atoms with Gasteiger partial charge in [-0.25, -0.2) is 0 Å². The van der Waals surface area contributed by atoms with Crippen LogP contribution in [-0.4, -0.2) is 24.6 Å². The Morgan fingerprint density at radius 3 is 2.73 bits per heavy atom. The van der Waals surface area contributed by atoms with E-state index in [1.165, 1.54) is 0 Å². The molecule has 78 valence electrons. The van der Waals surface area contributed by atoms with E-state index in [0.717, 1.165) is 30.3 Å². The molecular weight excluding hydrogens is 206 g/mol. The zero-order chi connectivity index (χ0) is 10.7. The van der Waals surface area contributed by atoms with Gasteiger partial charge >= 0.3 is 0 Å². The number of nitriles is 1. The largest absolute Gasteiger partial charge is 0.399 e. The minimum Gasteiger partial charge on any atom is -0.399 e. The van der Waals surface area contributed by atoms with Gasteiger partial charge in [0.25, 0.3) is 0 Å². The van der Waals surface area contributed by atoms with Crippen LogP contribution < -0.4 is 10.6 Å². The molecule has 2 N–H and O–H groups in total. The number of hydrogen-bond acceptors (Lipinski definition) is 4. The number of nitrogen functional groups attached to an aromatic ring is 1. The van der Waals surface area contributed by atoms with Gasteiger partial charge in [-0.1, -0.05) is 0 Å². The van der Waals surface area contributed by atoms with Crippen molar-refractivity contribution >= 4 is 23.1 Å². The monoisotopic (exact) mass is 219 g/mol. The molecule has 1 saturated heterocycles. The molecule has 0 aromatic heterocycles. The molecule has 0 bridgehead atoms. The van der Waals surface area contributed by atoms with Crippen LogP contribution >= 0.6 is 11.8 Å². The van der Waals surface area contributed by atoms with Crippen LogP contribution in [0.3, 0.4) is 0 Å². The molecule has 0 radical (unpaired) electrons. The Labute approximate surface area is 93.9 Å². The molecule has 3 nitrogen and oxygen atoms in total. The Morgan fingerprint density at radius 2 is 2.07 bits per heavy atom. The molecule has 4 heteroatoms. The van der Waals surface area contributed by atoms with Crippen molar-refractivity contribution in [2.24, 2.45) is 0 Å². The Morgan fingerprint density at radius 1 is 1.33 bits per heavy atom. The molecular formula is C11H13N3S. The van der Waals surface area contributed by atoms with Crippen molar-refractivity contribution < 1.29 is 0 Å². The van der Waals surface area contributed by atoms with Gasteiger partial charge in [0.05, 0.1) is 11.3 Å². The number of thioether (sulfide) groups is 1. The van der Waals surface area contributed by atoms with E-state index in [9.17, 15) is 0 Å². The highest BCUT2D eigenvalue weighted by atomic mass is 32.2. The predicted octanol–water partition coefficient (Wildman–Crippen LogP) is 1.69. The van der Waals surface area contributed by atoms with Crippen LogP contribution in [0, 0.1) is 11.3 Å². The first-order valence-corrected chi connectivity index (χ1v) is 6.09. The summed E-state index contributed by atoms with van der Waals surface area (Å²) in [5.41, 5.74) is 8.02. The molecule has 1 aliphatic rings. The lowest BCUT2D eigenvalue weighted by molar-refractivity contribution is 0.857. The normalized spacial score (nSPS) is 16.1. The number of hydrogen-bond donors (Lipinski definition) is 1. The first-order valence-electron chi connectivity index (χ1n) is 4.93. The Hall–Kier alpha value is -1.34. The fraction of sp³-hybridized carbons (Fsp3) is 0.364. The Kier molecular flexibility index (Phi) is 3.02. The summed E-state index contributed by atoms with van der Waals surface area (Å²) >= 11 is 1.96. The van der Waals surface area contributed by atoms with E-state index in [4.69, 9.17) is 11.0 Å². The van der Waals surface area contributed by atoms with Crippen molar-refractivity contribution in [1.29, 1.82) is 5.26 Å². The van der Waals surface area contributed by atoms with Crippen LogP contribution in [0.2, 0.25) is 0 Å². The fourth-order valence-electron chi connectivity index (χ4n) is 1.72. The Balaban J connectivity index is 2.30. The zero-order valence-electron chi connectivity index (χ0n) is 8.44. The van der Waals surface area contributed by atoms with Crippen molar-refractivity contribution in [3.8, 4) is 6.07 Å². The molecule has 0 atom stereocenters. The maximum Gasteiger partial charge on any atom is 0.101 e. The van der Waals surface area contributed by atoms with Gasteiger partial charge in [0.15, 0.2) is 0 Å². The third-order valence-electron chi connectivity index (χ3n) is 2.49. The summed E-state index contributed by atoms with van der Waals surface area (Å²) in [6.07, 6.45) is 0. The SMILES string of the molecule is N#Cc1cc(N)ccc1N1CCSCC1. The number of rotatable bonds is 1. The lowest BCUT2D eigenvalue weighted by Gasteiger charge is -2.29. The molecule has 0 aliphatic carbocycles. The van der Waals surface area contributed by atoms with Gasteiger partial charge < -0.3 is 10.6 Å². The van der Waals surface area contributed by atoms with E-state index in [1.54, 1.807) is 6.07 Å². The van der Waals surface area contributed by atoms with Crippen LogP contribution in [-0.2, 0) is 0 Å². The first-order chi connectivity index (χ1) is 7.31. The van der Waals surface area contributed by atoms with Gasteiger partial charge in [-0.2, -0.15) is 17.0 Å². The number of anilines is 2. The molecule has 1 aromatic rings. The van der Waals surface area contributed by atoms with Crippen molar-refractivity contribution in [1.82, 2.24) is 0 Å². The van der Waals surface area contributed by atoms with Gasteiger partial charge in [-0.05, 0) is 18.2 Å². The second kappa shape index (κ2) is 4.45. The van der Waals surface area contributed by atoms with Crippen LogP contribution in [0.15, 0.2) is 18.2 Å². The topological polar surface area (TPSA) is 53.1 Å². The summed E-state index contributed by atoms with van der Waals surface area (Å²) in [5, 5.41) is 9.04. The van der Waals surface area contributed by atoms with Gasteiger partial charge in [-0.3, -0.25) is 0 Å². The summed E-state index contributed by atoms with van der Waals surface area (Å²) in [4.78, 5) is 2.26. The predicted molar refractivity (Wildman–Crippen MR) is 65.1 cm³/mol. The molecule has 1 aliphatic heterocycles. The van der Waals surface area contributed by atoms with E-state index < -0.39 is 0 Å². The van der Waals surface area contributed by atoms with Crippen LogP contribution in [0.4, 0.5) is 11.4 Å². The van der Waals surface area contributed by atoms with Crippen LogP contribution in [0.1, 0.15) is 5.56 Å². The summed E-state index contributed by atoms with van der Waals surface area (Å²) in [5.74, 6) is 2.27. The maximum atomic E-state index is 9.04. The number of benzene rings is 1. The van der Waals surface area contributed by atoms with Gasteiger partial charge in [0.1, 0.15) is 6.07 Å². The fourth-order valence-corrected chi connectivity index (χ4v) is 2.63. The van der Waals surface area contributed by atoms with Crippen LogP contribution in [0.25, 0.3) is 0 Å². The molecule has 0 unspecified atom stereocenters. The summed E-state index contributed by atoms with van der Waals surface area (Å²) < 4.78 is 0. The van der Waals surface area contributed by atoms with E-state index in [2.05, 4.69) is 11.0 Å². The van der Waals surface area contributed by atoms with Gasteiger partial charge in [0, 0.05) is 30.3 Å². The summed E-state index contributed by atoms with van der Waals surface area (Å²) in [6, 6.07) is 7.76. The Bertz CT molecular complexity index is 391. The minimum absolute atomic E-state index is 0.654. The van der Waals surface area contributed by atoms with E-state index >= 15 is 0 Å². The molecule has 1 heterocycles. The quantitative estimate of drug-likeness (QED) is 0.730. The van der Waals surface area contributed by atoms with E-state index in [1.807, 2.05) is 23.9 Å². The second-order valence-corrected chi connectivity index (χ2v) is 4.71. The maximum absolute atomic E-state index is 9.04. The average molecular weight is 219 g/mol. The highest BCUT2D eigenvalue weighted by Gasteiger charge is 2.14. The first kappa shape index (κ1) is 10.2. The van der Waals surface area contributed by atoms with Crippen molar-refractivity contribution in [3.05, 3.63) is 23.8 Å². The molecule has 0 saturated carbocycles. The van der Waals surface area contributed by atoms with Crippen molar-refractivity contribution in [3.63, 3.8) is 0 Å². The lowest BCUT2D eigenvalue weighted by Crippen LogP contribution is -2.32. The third-order valence-corrected chi connectivity index (χ3v) is 3.44. The van der Waals surface area contributed by atoms with Crippen molar-refractivity contribution in [2.75, 3.05) is 35.2 Å². The van der Waals surface area contributed by atoms with Crippen molar-refractivity contribution in [2.45, 2.75) is 0 Å². The molecule has 15 heavy (non-hydrogen) atoms. The smallest absolute Gasteiger partial charge is 0.101 e. The summed E-state index contributed by atoms with van der Waals surface area (Å²) in [7, 11) is 0. The molecule has 0 spiro atoms. The van der Waals surface area contributed by atoms with E-state index in [0.29, 0.717) is 11.3 Å². The number of nitrogens with zero attached hydrogens (tertiary/aromatic N) is 2. The highest BCUT2D eigenvalue weighted by molar-refractivity contribution is 7.99. The highest BCUT2D eigenvalue weighted by Crippen LogP contribution is 2.24. The van der Waals surface area contributed by atoms with E-state index in [-0.39, 0.29) is 0 Å². The average Bonchev–Trinajstić information content (AvgIpc) is 2.30. The summed E-state index contributed by atoms with van der Waals surface area (Å²) in [6.45, 7) is 2.03. The molecule has 1 fully saturated rings. The number of nitrogens with two attached hydrogens (primary N) is 1. The molecule has 0 amide bonds. The zero-order valence-corrected chi connectivity index (χ0v) is 9.26. The standard InChI is InChI=1S/C11H13N3S/c12-8-9-7-10(13)1-2-11(9)14-3-5-15-6-4-14/h1-2,7H,3-6,13H2. The second-order valence-electron chi connectivity index (χ2n) is 3.49.